The van der Waals surface area contributed by atoms with E-state index in [9.17, 15) is 4.79 Å². The Morgan fingerprint density at radius 3 is 2.92 bits per heavy atom. The molecule has 0 atom stereocenters. The highest BCUT2D eigenvalue weighted by Crippen LogP contribution is 2.27. The highest BCUT2D eigenvalue weighted by atomic mass is 32.1. The van der Waals surface area contributed by atoms with Crippen molar-refractivity contribution in [3.8, 4) is 16.5 Å². The average molecular weight is 372 g/mol. The first-order chi connectivity index (χ1) is 12.5. The van der Waals surface area contributed by atoms with Crippen LogP contribution >= 0.6 is 11.3 Å². The summed E-state index contributed by atoms with van der Waals surface area (Å²) >= 11 is 1.56. The highest BCUT2D eigenvalue weighted by molar-refractivity contribution is 7.13. The third-order valence-electron chi connectivity index (χ3n) is 3.63. The van der Waals surface area contributed by atoms with E-state index in [1.807, 2.05) is 42.6 Å². The van der Waals surface area contributed by atoms with Gasteiger partial charge in [0, 0.05) is 14.1 Å². The van der Waals surface area contributed by atoms with Crippen LogP contribution in [0.3, 0.4) is 0 Å². The molecule has 2 aromatic heterocycles. The number of likely N-dealkylation sites (N-methyl/N-ethyl adjacent to an activating group) is 1. The Morgan fingerprint density at radius 1 is 1.35 bits per heavy atom. The number of nitrogens with zero attached hydrogens (tertiary/aromatic N) is 3. The van der Waals surface area contributed by atoms with E-state index in [0.29, 0.717) is 24.0 Å². The van der Waals surface area contributed by atoms with Gasteiger partial charge in [-0.15, -0.1) is 11.3 Å². The first-order valence-electron chi connectivity index (χ1n) is 8.07. The first kappa shape index (κ1) is 17.9. The van der Waals surface area contributed by atoms with Gasteiger partial charge in [-0.3, -0.25) is 4.79 Å². The molecule has 1 aromatic carbocycles. The molecule has 1 N–H and O–H groups in total. The molecule has 0 unspecified atom stereocenters. The minimum Gasteiger partial charge on any atom is -0.482 e. The molecule has 0 aliphatic heterocycles. The normalized spacial score (nSPS) is 10.6. The van der Waals surface area contributed by atoms with Crippen LogP contribution in [-0.2, 0) is 11.3 Å². The number of ether oxygens (including phenoxy) is 1. The summed E-state index contributed by atoms with van der Waals surface area (Å²) in [5.41, 5.74) is 1.80. The molecule has 0 saturated heterocycles. The molecule has 3 rings (SSSR count). The topological polar surface area (TPSA) is 80.5 Å². The third kappa shape index (κ3) is 4.40. The molecule has 0 aliphatic rings. The van der Waals surface area contributed by atoms with Crippen LogP contribution < -0.4 is 10.1 Å². The Hall–Kier alpha value is -2.87. The third-order valence-corrected chi connectivity index (χ3v) is 4.49. The average Bonchev–Trinajstić information content (AvgIpc) is 3.29. The Kier molecular flexibility index (Phi) is 5.52. The Labute approximate surface area is 155 Å². The number of carbonyl (C=O) groups excluding carboxylic acids is 1. The summed E-state index contributed by atoms with van der Waals surface area (Å²) in [7, 11) is 3.39. The maximum absolute atomic E-state index is 11.8. The second-order valence-corrected chi connectivity index (χ2v) is 6.87. The summed E-state index contributed by atoms with van der Waals surface area (Å²) in [5.74, 6) is 1.56. The minimum absolute atomic E-state index is 0.0196. The van der Waals surface area contributed by atoms with Crippen molar-refractivity contribution in [3.05, 3.63) is 47.2 Å². The molecule has 0 saturated carbocycles. The minimum atomic E-state index is -0.102. The van der Waals surface area contributed by atoms with E-state index in [1.165, 1.54) is 4.90 Å². The van der Waals surface area contributed by atoms with Crippen molar-refractivity contribution >= 4 is 22.9 Å². The second-order valence-electron chi connectivity index (χ2n) is 5.92. The van der Waals surface area contributed by atoms with Gasteiger partial charge in [-0.1, -0.05) is 17.3 Å². The Morgan fingerprint density at radius 2 is 2.19 bits per heavy atom. The smallest absolute Gasteiger partial charge is 0.259 e. The maximum Gasteiger partial charge on any atom is 0.259 e. The molecular weight excluding hydrogens is 352 g/mol. The molecule has 7 nitrogen and oxygen atoms in total. The van der Waals surface area contributed by atoms with Crippen molar-refractivity contribution in [1.29, 1.82) is 0 Å². The summed E-state index contributed by atoms with van der Waals surface area (Å²) in [6.45, 7) is 2.31. The van der Waals surface area contributed by atoms with Gasteiger partial charge in [-0.25, -0.2) is 0 Å². The van der Waals surface area contributed by atoms with Gasteiger partial charge in [0.15, 0.2) is 6.61 Å². The van der Waals surface area contributed by atoms with Gasteiger partial charge in [-0.05, 0) is 36.1 Å². The number of aryl methyl sites for hydroxylation is 1. The molecule has 26 heavy (non-hydrogen) atoms. The van der Waals surface area contributed by atoms with Gasteiger partial charge in [0.25, 0.3) is 5.91 Å². The van der Waals surface area contributed by atoms with Gasteiger partial charge in [0.2, 0.25) is 11.7 Å². The van der Waals surface area contributed by atoms with Crippen LogP contribution in [-0.4, -0.2) is 41.6 Å². The zero-order valence-electron chi connectivity index (χ0n) is 14.9. The van der Waals surface area contributed by atoms with Crippen LogP contribution in [0.25, 0.3) is 10.7 Å². The van der Waals surface area contributed by atoms with Crippen molar-refractivity contribution in [2.24, 2.45) is 0 Å². The summed E-state index contributed by atoms with van der Waals surface area (Å²) in [5, 5.41) is 9.18. The van der Waals surface area contributed by atoms with Crippen LogP contribution in [0.2, 0.25) is 0 Å². The number of rotatable bonds is 7. The van der Waals surface area contributed by atoms with Crippen LogP contribution in [0, 0.1) is 6.92 Å². The largest absolute Gasteiger partial charge is 0.482 e. The van der Waals surface area contributed by atoms with E-state index in [0.717, 1.165) is 16.1 Å². The molecule has 2 heterocycles. The van der Waals surface area contributed by atoms with Crippen LogP contribution in [0.5, 0.6) is 5.75 Å². The number of thiophene rings is 1. The van der Waals surface area contributed by atoms with E-state index < -0.39 is 0 Å². The van der Waals surface area contributed by atoms with E-state index in [2.05, 4.69) is 15.5 Å². The van der Waals surface area contributed by atoms with Gasteiger partial charge in [0.1, 0.15) is 5.75 Å². The number of carbonyl (C=O) groups is 1. The van der Waals surface area contributed by atoms with E-state index in [4.69, 9.17) is 9.26 Å². The number of hydrogen-bond donors (Lipinski definition) is 1. The van der Waals surface area contributed by atoms with Crippen LogP contribution in [0.15, 0.2) is 40.2 Å². The molecule has 3 aromatic rings. The van der Waals surface area contributed by atoms with Crippen molar-refractivity contribution < 1.29 is 14.1 Å². The predicted molar refractivity (Wildman–Crippen MR) is 100 cm³/mol. The SMILES string of the molecule is Cc1ccc(NCc2nc(-c3cccs3)no2)c(OCC(=O)N(C)C)c1. The van der Waals surface area contributed by atoms with E-state index in [1.54, 1.807) is 25.4 Å². The van der Waals surface area contributed by atoms with Gasteiger partial charge < -0.3 is 19.5 Å². The first-order valence-corrected chi connectivity index (χ1v) is 8.95. The fraction of sp³-hybridized carbons (Fsp3) is 0.278. The van der Waals surface area contributed by atoms with Gasteiger partial charge in [-0.2, -0.15) is 4.98 Å². The van der Waals surface area contributed by atoms with Crippen molar-refractivity contribution in [2.45, 2.75) is 13.5 Å². The molecule has 136 valence electrons. The lowest BCUT2D eigenvalue weighted by Gasteiger charge is -2.15. The zero-order chi connectivity index (χ0) is 18.5. The lowest BCUT2D eigenvalue weighted by Crippen LogP contribution is -2.27. The van der Waals surface area contributed by atoms with Crippen LogP contribution in [0.4, 0.5) is 5.69 Å². The molecule has 0 radical (unpaired) electrons. The Bertz CT molecular complexity index is 874. The number of amides is 1. The zero-order valence-corrected chi connectivity index (χ0v) is 15.7. The van der Waals surface area contributed by atoms with Crippen molar-refractivity contribution in [2.75, 3.05) is 26.0 Å². The fourth-order valence-corrected chi connectivity index (χ4v) is 2.82. The maximum atomic E-state index is 11.8. The summed E-state index contributed by atoms with van der Waals surface area (Å²) in [6.07, 6.45) is 0. The van der Waals surface area contributed by atoms with Crippen molar-refractivity contribution in [1.82, 2.24) is 15.0 Å². The molecule has 1 amide bonds. The van der Waals surface area contributed by atoms with E-state index >= 15 is 0 Å². The molecule has 8 heteroatoms. The number of aromatic nitrogens is 2. The van der Waals surface area contributed by atoms with Gasteiger partial charge in [0.05, 0.1) is 17.1 Å². The summed E-state index contributed by atoms with van der Waals surface area (Å²) in [6, 6.07) is 9.64. The van der Waals surface area contributed by atoms with Gasteiger partial charge >= 0.3 is 0 Å². The number of benzene rings is 1. The predicted octanol–water partition coefficient (Wildman–Crippen LogP) is 3.19. The molecule has 0 fully saturated rings. The molecule has 0 spiro atoms. The standard InChI is InChI=1S/C18H20N4O3S/c1-12-6-7-13(14(9-12)24-11-17(23)22(2)3)19-10-16-20-18(21-25-16)15-5-4-8-26-15/h4-9,19H,10-11H2,1-3H3. The molecule has 0 bridgehead atoms. The van der Waals surface area contributed by atoms with E-state index in [-0.39, 0.29) is 12.5 Å². The quantitative estimate of drug-likeness (QED) is 0.686. The number of anilines is 1. The lowest BCUT2D eigenvalue weighted by atomic mass is 10.2. The monoisotopic (exact) mass is 372 g/mol. The molecule has 0 aliphatic carbocycles. The fourth-order valence-electron chi connectivity index (χ4n) is 2.17. The highest BCUT2D eigenvalue weighted by Gasteiger charge is 2.12. The Balaban J connectivity index is 1.67. The van der Waals surface area contributed by atoms with Crippen molar-refractivity contribution in [3.63, 3.8) is 0 Å². The number of hydrogen-bond acceptors (Lipinski definition) is 7. The second kappa shape index (κ2) is 8.01. The summed E-state index contributed by atoms with van der Waals surface area (Å²) in [4.78, 5) is 18.6. The summed E-state index contributed by atoms with van der Waals surface area (Å²) < 4.78 is 11.0. The molecular formula is C18H20N4O3S. The number of nitrogens with one attached hydrogen (secondary N) is 1. The van der Waals surface area contributed by atoms with Crippen LogP contribution in [0.1, 0.15) is 11.5 Å². The lowest BCUT2D eigenvalue weighted by molar-refractivity contribution is -0.130.